The molecule has 0 spiro atoms. The van der Waals surface area contributed by atoms with Crippen LogP contribution in [0.3, 0.4) is 0 Å². The van der Waals surface area contributed by atoms with Crippen molar-refractivity contribution in [2.24, 2.45) is 0 Å². The number of fused-ring (bicyclic) bond motifs is 1. The van der Waals surface area contributed by atoms with Crippen molar-refractivity contribution < 1.29 is 4.74 Å². The molecule has 1 N–H and O–H groups in total. The molecule has 1 aromatic carbocycles. The van der Waals surface area contributed by atoms with Crippen molar-refractivity contribution in [3.63, 3.8) is 0 Å². The lowest BCUT2D eigenvalue weighted by molar-refractivity contribution is 0.164. The van der Waals surface area contributed by atoms with E-state index in [9.17, 15) is 0 Å². The van der Waals surface area contributed by atoms with Gasteiger partial charge in [0.25, 0.3) is 0 Å². The maximum Gasteiger partial charge on any atom is 0.0636 e. The number of ether oxygens (including phenoxy) is 1. The van der Waals surface area contributed by atoms with Crippen LogP contribution in [-0.2, 0) is 11.3 Å². The van der Waals surface area contributed by atoms with Crippen LogP contribution < -0.4 is 5.32 Å². The predicted molar refractivity (Wildman–Crippen MR) is 79.6 cm³/mol. The molecule has 1 unspecified atom stereocenters. The number of rotatable bonds is 6. The Morgan fingerprint density at radius 1 is 1.39 bits per heavy atom. The van der Waals surface area contributed by atoms with E-state index in [4.69, 9.17) is 16.3 Å². The molecule has 1 aromatic heterocycles. The predicted octanol–water partition coefficient (Wildman–Crippen LogP) is 4.07. The molecular formula is C14H18ClNOS. The second-order valence-electron chi connectivity index (χ2n) is 4.28. The molecule has 18 heavy (non-hydrogen) atoms. The zero-order valence-corrected chi connectivity index (χ0v) is 12.3. The van der Waals surface area contributed by atoms with Gasteiger partial charge in [-0.2, -0.15) is 0 Å². The number of nitrogens with one attached hydrogen (secondary N) is 1. The van der Waals surface area contributed by atoms with Crippen LogP contribution >= 0.6 is 22.9 Å². The summed E-state index contributed by atoms with van der Waals surface area (Å²) in [6, 6.07) is 8.65. The van der Waals surface area contributed by atoms with E-state index in [1.54, 1.807) is 18.4 Å². The van der Waals surface area contributed by atoms with Crippen molar-refractivity contribution in [2.45, 2.75) is 25.9 Å². The van der Waals surface area contributed by atoms with E-state index in [0.717, 1.165) is 30.0 Å². The van der Waals surface area contributed by atoms with Gasteiger partial charge in [0.1, 0.15) is 0 Å². The molecule has 2 nitrogen and oxygen atoms in total. The number of methoxy groups -OCH3 is 1. The minimum absolute atomic E-state index is 0.385. The number of thiophene rings is 1. The Morgan fingerprint density at radius 3 is 2.83 bits per heavy atom. The van der Waals surface area contributed by atoms with Crippen LogP contribution in [0.15, 0.2) is 24.3 Å². The standard InChI is InChI=1S/C14H18ClNOS/c1-3-10(9-17-2)16-8-13-14(15)11-6-4-5-7-12(11)18-13/h4-7,10,16H,3,8-9H2,1-2H3. The molecular weight excluding hydrogens is 266 g/mol. The largest absolute Gasteiger partial charge is 0.383 e. The second-order valence-corrected chi connectivity index (χ2v) is 5.79. The summed E-state index contributed by atoms with van der Waals surface area (Å²) >= 11 is 8.16. The monoisotopic (exact) mass is 283 g/mol. The zero-order valence-electron chi connectivity index (χ0n) is 10.7. The van der Waals surface area contributed by atoms with E-state index < -0.39 is 0 Å². The maximum atomic E-state index is 6.40. The third-order valence-corrected chi connectivity index (χ3v) is 4.73. The summed E-state index contributed by atoms with van der Waals surface area (Å²) in [5.74, 6) is 0. The van der Waals surface area contributed by atoms with Crippen LogP contribution in [0.2, 0.25) is 5.02 Å². The molecule has 1 heterocycles. The molecule has 0 fully saturated rings. The van der Waals surface area contributed by atoms with Crippen LogP contribution in [0.5, 0.6) is 0 Å². The lowest BCUT2D eigenvalue weighted by atomic mass is 10.2. The summed E-state index contributed by atoms with van der Waals surface area (Å²) < 4.78 is 6.43. The van der Waals surface area contributed by atoms with Gasteiger partial charge in [-0.15, -0.1) is 11.3 Å². The van der Waals surface area contributed by atoms with Crippen LogP contribution in [0.1, 0.15) is 18.2 Å². The molecule has 0 aliphatic heterocycles. The summed E-state index contributed by atoms with van der Waals surface area (Å²) in [6.07, 6.45) is 1.05. The summed E-state index contributed by atoms with van der Waals surface area (Å²) in [5, 5.41) is 5.53. The number of halogens is 1. The molecule has 2 rings (SSSR count). The molecule has 0 aliphatic rings. The molecule has 0 saturated heterocycles. The van der Waals surface area contributed by atoms with Crippen molar-refractivity contribution in [1.29, 1.82) is 0 Å². The highest BCUT2D eigenvalue weighted by Gasteiger charge is 2.11. The van der Waals surface area contributed by atoms with Gasteiger partial charge < -0.3 is 10.1 Å². The molecule has 0 radical (unpaired) electrons. The van der Waals surface area contributed by atoms with E-state index in [2.05, 4.69) is 24.4 Å². The first-order valence-corrected chi connectivity index (χ1v) is 7.34. The van der Waals surface area contributed by atoms with Gasteiger partial charge in [0.15, 0.2) is 0 Å². The van der Waals surface area contributed by atoms with Gasteiger partial charge in [-0.1, -0.05) is 36.7 Å². The topological polar surface area (TPSA) is 21.3 Å². The molecule has 0 bridgehead atoms. The number of hydrogen-bond acceptors (Lipinski definition) is 3. The minimum Gasteiger partial charge on any atom is -0.383 e. The van der Waals surface area contributed by atoms with Crippen molar-refractivity contribution in [3.8, 4) is 0 Å². The van der Waals surface area contributed by atoms with Gasteiger partial charge in [0.05, 0.1) is 11.6 Å². The summed E-state index contributed by atoms with van der Waals surface area (Å²) in [5.41, 5.74) is 0. The van der Waals surface area contributed by atoms with Crippen LogP contribution in [0.4, 0.5) is 0 Å². The minimum atomic E-state index is 0.385. The highest BCUT2D eigenvalue weighted by molar-refractivity contribution is 7.19. The summed E-state index contributed by atoms with van der Waals surface area (Å²) in [7, 11) is 1.73. The van der Waals surface area contributed by atoms with Gasteiger partial charge in [-0.05, 0) is 12.5 Å². The third kappa shape index (κ3) is 3.04. The van der Waals surface area contributed by atoms with Crippen LogP contribution in [-0.4, -0.2) is 19.8 Å². The van der Waals surface area contributed by atoms with Gasteiger partial charge in [-0.3, -0.25) is 0 Å². The fourth-order valence-electron chi connectivity index (χ4n) is 1.94. The highest BCUT2D eigenvalue weighted by Crippen LogP contribution is 2.34. The van der Waals surface area contributed by atoms with Gasteiger partial charge >= 0.3 is 0 Å². The molecule has 98 valence electrons. The smallest absolute Gasteiger partial charge is 0.0636 e. The lowest BCUT2D eigenvalue weighted by Crippen LogP contribution is -2.31. The molecule has 2 aromatic rings. The normalized spacial score (nSPS) is 13.1. The number of hydrogen-bond donors (Lipinski definition) is 1. The van der Waals surface area contributed by atoms with Crippen LogP contribution in [0.25, 0.3) is 10.1 Å². The average molecular weight is 284 g/mol. The van der Waals surface area contributed by atoms with Crippen molar-refractivity contribution in [1.82, 2.24) is 5.32 Å². The average Bonchev–Trinajstić information content (AvgIpc) is 2.72. The fraction of sp³-hybridized carbons (Fsp3) is 0.429. The maximum absolute atomic E-state index is 6.40. The highest BCUT2D eigenvalue weighted by atomic mass is 35.5. The van der Waals surface area contributed by atoms with Crippen molar-refractivity contribution in [3.05, 3.63) is 34.2 Å². The first kappa shape index (κ1) is 13.8. The van der Waals surface area contributed by atoms with Crippen molar-refractivity contribution in [2.75, 3.05) is 13.7 Å². The first-order valence-electron chi connectivity index (χ1n) is 6.14. The van der Waals surface area contributed by atoms with Gasteiger partial charge in [0.2, 0.25) is 0 Å². The lowest BCUT2D eigenvalue weighted by Gasteiger charge is -2.15. The Bertz CT molecular complexity index is 511. The number of benzene rings is 1. The Morgan fingerprint density at radius 2 is 2.17 bits per heavy atom. The Kier molecular flexibility index (Phi) is 5.01. The van der Waals surface area contributed by atoms with E-state index in [1.165, 1.54) is 9.58 Å². The molecule has 4 heteroatoms. The van der Waals surface area contributed by atoms with Crippen molar-refractivity contribution >= 4 is 33.0 Å². The van der Waals surface area contributed by atoms with E-state index in [1.807, 2.05) is 12.1 Å². The summed E-state index contributed by atoms with van der Waals surface area (Å²) in [4.78, 5) is 1.20. The molecule has 0 amide bonds. The Labute approximate surface area is 117 Å². The molecule has 1 atom stereocenters. The van der Waals surface area contributed by atoms with E-state index in [-0.39, 0.29) is 0 Å². The third-order valence-electron chi connectivity index (χ3n) is 3.01. The summed E-state index contributed by atoms with van der Waals surface area (Å²) in [6.45, 7) is 3.70. The second kappa shape index (κ2) is 6.53. The van der Waals surface area contributed by atoms with Gasteiger partial charge in [-0.25, -0.2) is 0 Å². The molecule has 0 aliphatic carbocycles. The van der Waals surface area contributed by atoms with E-state index in [0.29, 0.717) is 6.04 Å². The van der Waals surface area contributed by atoms with Gasteiger partial charge in [0, 0.05) is 34.7 Å². The zero-order chi connectivity index (χ0) is 13.0. The molecule has 0 saturated carbocycles. The Balaban J connectivity index is 2.09. The fourth-order valence-corrected chi connectivity index (χ4v) is 3.39. The van der Waals surface area contributed by atoms with Crippen LogP contribution in [0, 0.1) is 0 Å². The first-order chi connectivity index (χ1) is 8.76. The van der Waals surface area contributed by atoms with E-state index >= 15 is 0 Å². The quantitative estimate of drug-likeness (QED) is 0.863. The Hall–Kier alpha value is -0.610. The SMILES string of the molecule is CCC(COC)NCc1sc2ccccc2c1Cl.